The quantitative estimate of drug-likeness (QED) is 0.821. The van der Waals surface area contributed by atoms with Crippen LogP contribution in [0, 0.1) is 0 Å². The van der Waals surface area contributed by atoms with Gasteiger partial charge in [-0.1, -0.05) is 24.3 Å². The van der Waals surface area contributed by atoms with Gasteiger partial charge in [0.2, 0.25) is 6.29 Å². The van der Waals surface area contributed by atoms with Gasteiger partial charge in [0, 0.05) is 18.0 Å². The molecule has 0 saturated carbocycles. The van der Waals surface area contributed by atoms with E-state index in [2.05, 4.69) is 22.6 Å². The van der Waals surface area contributed by atoms with Gasteiger partial charge >= 0.3 is 0 Å². The van der Waals surface area contributed by atoms with Crippen LogP contribution in [0.2, 0.25) is 0 Å². The minimum atomic E-state index is -0.495. The number of nitrogens with zero attached hydrogens (tertiary/aromatic N) is 2. The first kappa shape index (κ1) is 10.8. The minimum absolute atomic E-state index is 0.495. The number of aromatic nitrogens is 2. The predicted molar refractivity (Wildman–Crippen MR) is 64.9 cm³/mol. The fourth-order valence-corrected chi connectivity index (χ4v) is 1.50. The highest BCUT2D eigenvalue weighted by molar-refractivity contribution is 7.81. The summed E-state index contributed by atoms with van der Waals surface area (Å²) in [4.78, 5) is 18.7. The molecule has 1 atom stereocenters. The van der Waals surface area contributed by atoms with Crippen molar-refractivity contribution in [2.24, 2.45) is 0 Å². The molecule has 0 spiro atoms. The molecule has 2 rings (SSSR count). The molecule has 0 aliphatic heterocycles. The Morgan fingerprint density at radius 2 is 1.75 bits per heavy atom. The average molecular weight is 229 g/mol. The van der Waals surface area contributed by atoms with Crippen LogP contribution in [0.1, 0.15) is 10.8 Å². The summed E-state index contributed by atoms with van der Waals surface area (Å²) in [5, 5.41) is -0.495. The first-order valence-corrected chi connectivity index (χ1v) is 5.26. The molecular formula is C12H9N2OS. The zero-order valence-corrected chi connectivity index (χ0v) is 9.26. The zero-order valence-electron chi connectivity index (χ0n) is 8.37. The summed E-state index contributed by atoms with van der Waals surface area (Å²) in [6, 6.07) is 9.15. The monoisotopic (exact) mass is 229 g/mol. The molecule has 1 heterocycles. The van der Waals surface area contributed by atoms with E-state index in [0.29, 0.717) is 5.82 Å². The molecule has 79 valence electrons. The maximum atomic E-state index is 10.4. The van der Waals surface area contributed by atoms with Crippen LogP contribution in [0.25, 0.3) is 11.4 Å². The molecule has 0 amide bonds. The van der Waals surface area contributed by atoms with Crippen molar-refractivity contribution in [1.29, 1.82) is 0 Å². The Morgan fingerprint density at radius 3 is 2.31 bits per heavy atom. The van der Waals surface area contributed by atoms with E-state index in [9.17, 15) is 4.79 Å². The first-order valence-electron chi connectivity index (χ1n) is 4.74. The van der Waals surface area contributed by atoms with E-state index in [-0.39, 0.29) is 0 Å². The Kier molecular flexibility index (Phi) is 3.31. The fourth-order valence-electron chi connectivity index (χ4n) is 1.33. The topological polar surface area (TPSA) is 42.9 Å². The van der Waals surface area contributed by atoms with Crippen molar-refractivity contribution in [3.63, 3.8) is 0 Å². The highest BCUT2D eigenvalue weighted by Gasteiger charge is 2.06. The van der Waals surface area contributed by atoms with E-state index >= 15 is 0 Å². The highest BCUT2D eigenvalue weighted by Crippen LogP contribution is 2.21. The van der Waals surface area contributed by atoms with Gasteiger partial charge < -0.3 is 0 Å². The van der Waals surface area contributed by atoms with Crippen molar-refractivity contribution >= 4 is 18.9 Å². The Labute approximate surface area is 99.0 Å². The number of hydrogen-bond donors (Lipinski definition) is 1. The number of benzene rings is 1. The van der Waals surface area contributed by atoms with Gasteiger partial charge in [-0.15, -0.1) is 0 Å². The normalized spacial score (nSPS) is 12.1. The van der Waals surface area contributed by atoms with Crippen LogP contribution < -0.4 is 0 Å². The molecule has 0 fully saturated rings. The van der Waals surface area contributed by atoms with Gasteiger partial charge in [-0.25, -0.2) is 9.97 Å². The number of rotatable bonds is 3. The van der Waals surface area contributed by atoms with E-state index in [0.717, 1.165) is 11.1 Å². The molecule has 4 heteroatoms. The lowest BCUT2D eigenvalue weighted by Gasteiger charge is -2.03. The molecule has 0 aliphatic rings. The van der Waals surface area contributed by atoms with Crippen molar-refractivity contribution in [2.75, 3.05) is 0 Å². The number of thiol groups is 1. The molecular weight excluding hydrogens is 220 g/mol. The maximum Gasteiger partial charge on any atom is 0.216 e. The summed E-state index contributed by atoms with van der Waals surface area (Å²) in [5.74, 6) is 0.667. The van der Waals surface area contributed by atoms with Gasteiger partial charge in [0.05, 0.1) is 5.25 Å². The van der Waals surface area contributed by atoms with E-state index in [4.69, 9.17) is 0 Å². The number of carbonyl (C=O) groups excluding carboxylic acids is 1. The van der Waals surface area contributed by atoms with Crippen molar-refractivity contribution in [3.8, 4) is 11.4 Å². The lowest BCUT2D eigenvalue weighted by Crippen LogP contribution is -1.92. The van der Waals surface area contributed by atoms with Crippen LogP contribution in [0.4, 0.5) is 0 Å². The lowest BCUT2D eigenvalue weighted by molar-refractivity contribution is 0.554. The summed E-state index contributed by atoms with van der Waals surface area (Å²) in [6.07, 6.45) is 5.21. The second kappa shape index (κ2) is 4.90. The van der Waals surface area contributed by atoms with E-state index in [1.807, 2.05) is 30.6 Å². The smallest absolute Gasteiger partial charge is 0.216 e. The third-order valence-electron chi connectivity index (χ3n) is 2.16. The second-order valence-corrected chi connectivity index (χ2v) is 3.73. The average Bonchev–Trinajstić information content (AvgIpc) is 2.39. The molecule has 0 N–H and O–H groups in total. The summed E-state index contributed by atoms with van der Waals surface area (Å²) in [6.45, 7) is 0. The molecule has 3 nitrogen and oxygen atoms in total. The van der Waals surface area contributed by atoms with Crippen LogP contribution in [-0.2, 0) is 4.79 Å². The van der Waals surface area contributed by atoms with Crippen LogP contribution in [-0.4, -0.2) is 16.3 Å². The fraction of sp³-hybridized carbons (Fsp3) is 0.0833. The third kappa shape index (κ3) is 2.28. The molecule has 1 aromatic heterocycles. The molecule has 16 heavy (non-hydrogen) atoms. The Bertz CT molecular complexity index is 470. The molecule has 1 aromatic carbocycles. The molecule has 0 saturated heterocycles. The van der Waals surface area contributed by atoms with Gasteiger partial charge in [-0.05, 0) is 11.6 Å². The first-order chi connectivity index (χ1) is 7.81. The highest BCUT2D eigenvalue weighted by atomic mass is 32.1. The lowest BCUT2D eigenvalue weighted by atomic mass is 10.1. The molecule has 1 unspecified atom stereocenters. The van der Waals surface area contributed by atoms with E-state index in [1.54, 1.807) is 18.5 Å². The molecule has 1 radical (unpaired) electrons. The van der Waals surface area contributed by atoms with Crippen molar-refractivity contribution in [3.05, 3.63) is 48.3 Å². The summed E-state index contributed by atoms with van der Waals surface area (Å²) in [5.41, 5.74) is 1.73. The van der Waals surface area contributed by atoms with Gasteiger partial charge in [0.1, 0.15) is 0 Å². The zero-order chi connectivity index (χ0) is 11.4. The van der Waals surface area contributed by atoms with Crippen molar-refractivity contribution in [1.82, 2.24) is 9.97 Å². The van der Waals surface area contributed by atoms with Gasteiger partial charge in [-0.3, -0.25) is 4.79 Å². The Hall–Kier alpha value is -1.68. The summed E-state index contributed by atoms with van der Waals surface area (Å²) >= 11 is 4.09. The standard InChI is InChI=1S/C12H9N2OS/c15-8-11(16)9-2-4-10(5-3-9)12-13-6-1-7-14-12/h1-7,11,16H. The van der Waals surface area contributed by atoms with Crippen LogP contribution in [0.15, 0.2) is 42.7 Å². The van der Waals surface area contributed by atoms with Crippen molar-refractivity contribution < 1.29 is 4.79 Å². The van der Waals surface area contributed by atoms with E-state index < -0.39 is 5.25 Å². The van der Waals surface area contributed by atoms with Crippen LogP contribution in [0.3, 0.4) is 0 Å². The molecule has 0 bridgehead atoms. The van der Waals surface area contributed by atoms with Gasteiger partial charge in [0.25, 0.3) is 0 Å². The Morgan fingerprint density at radius 1 is 1.12 bits per heavy atom. The van der Waals surface area contributed by atoms with Crippen molar-refractivity contribution in [2.45, 2.75) is 5.25 Å². The van der Waals surface area contributed by atoms with Crippen LogP contribution in [0.5, 0.6) is 0 Å². The summed E-state index contributed by atoms with van der Waals surface area (Å²) < 4.78 is 0. The number of hydrogen-bond acceptors (Lipinski definition) is 4. The van der Waals surface area contributed by atoms with E-state index in [1.165, 1.54) is 0 Å². The third-order valence-corrected chi connectivity index (χ3v) is 2.57. The maximum absolute atomic E-state index is 10.4. The predicted octanol–water partition coefficient (Wildman–Crippen LogP) is 2.22. The summed E-state index contributed by atoms with van der Waals surface area (Å²) in [7, 11) is 0. The minimum Gasteiger partial charge on any atom is -0.289 e. The molecule has 2 aromatic rings. The second-order valence-electron chi connectivity index (χ2n) is 3.21. The van der Waals surface area contributed by atoms with Gasteiger partial charge in [0.15, 0.2) is 5.82 Å². The van der Waals surface area contributed by atoms with Crippen LogP contribution >= 0.6 is 12.6 Å². The Balaban J connectivity index is 2.30. The SMILES string of the molecule is O=[C]C(S)c1ccc(-c2ncccn2)cc1. The van der Waals surface area contributed by atoms with Gasteiger partial charge in [-0.2, -0.15) is 12.6 Å². The molecule has 0 aliphatic carbocycles. The largest absolute Gasteiger partial charge is 0.289 e.